The zero-order valence-electron chi connectivity index (χ0n) is 8.52. The highest BCUT2D eigenvalue weighted by atomic mass is 32.2. The molecule has 0 aromatic heterocycles. The monoisotopic (exact) mass is 222 g/mol. The Morgan fingerprint density at radius 2 is 2.07 bits per heavy atom. The summed E-state index contributed by atoms with van der Waals surface area (Å²) < 4.78 is 5.40. The molecule has 0 aliphatic carbocycles. The second-order valence-electron chi connectivity index (χ2n) is 3.57. The number of thioether (sulfide) groups is 1. The minimum atomic E-state index is -0.199. The minimum Gasteiger partial charge on any atom is -0.448 e. The number of esters is 1. The summed E-state index contributed by atoms with van der Waals surface area (Å²) >= 11 is 1.74. The molecule has 0 saturated carbocycles. The van der Waals surface area contributed by atoms with Gasteiger partial charge in [-0.2, -0.15) is 0 Å². The molecule has 80 valence electrons. The Morgan fingerprint density at radius 3 is 2.73 bits per heavy atom. The molecule has 1 fully saturated rings. The Kier molecular flexibility index (Phi) is 3.67. The average molecular weight is 222 g/mol. The van der Waals surface area contributed by atoms with E-state index in [-0.39, 0.29) is 11.4 Å². The highest BCUT2D eigenvalue weighted by Crippen LogP contribution is 2.26. The fourth-order valence-electron chi connectivity index (χ4n) is 1.57. The van der Waals surface area contributed by atoms with Gasteiger partial charge in [0.15, 0.2) is 0 Å². The van der Waals surface area contributed by atoms with E-state index in [0.717, 1.165) is 12.2 Å². The molecule has 0 spiro atoms. The number of rotatable bonds is 2. The van der Waals surface area contributed by atoms with Crippen LogP contribution in [-0.4, -0.2) is 17.2 Å². The molecule has 1 heterocycles. The summed E-state index contributed by atoms with van der Waals surface area (Å²) in [6.07, 6.45) is 3.40. The van der Waals surface area contributed by atoms with Crippen LogP contribution in [0.5, 0.6) is 0 Å². The van der Waals surface area contributed by atoms with E-state index in [1.807, 2.05) is 18.2 Å². The molecule has 0 bridgehead atoms. The van der Waals surface area contributed by atoms with Gasteiger partial charge in [-0.3, -0.25) is 0 Å². The molecule has 1 saturated heterocycles. The van der Waals surface area contributed by atoms with E-state index in [2.05, 4.69) is 0 Å². The van der Waals surface area contributed by atoms with Crippen molar-refractivity contribution in [3.8, 4) is 0 Å². The predicted octanol–water partition coefficient (Wildman–Crippen LogP) is 3.09. The van der Waals surface area contributed by atoms with Gasteiger partial charge in [-0.1, -0.05) is 18.2 Å². The molecule has 1 aliphatic rings. The van der Waals surface area contributed by atoms with Crippen molar-refractivity contribution in [3.05, 3.63) is 35.9 Å². The van der Waals surface area contributed by atoms with Gasteiger partial charge in [-0.05, 0) is 37.1 Å². The molecule has 1 aromatic rings. The first-order valence-electron chi connectivity index (χ1n) is 5.24. The zero-order valence-corrected chi connectivity index (χ0v) is 9.33. The van der Waals surface area contributed by atoms with Gasteiger partial charge < -0.3 is 4.74 Å². The van der Waals surface area contributed by atoms with Crippen molar-refractivity contribution >= 4 is 17.7 Å². The Balaban J connectivity index is 1.91. The quantitative estimate of drug-likeness (QED) is 0.719. The van der Waals surface area contributed by atoms with Gasteiger partial charge in [0.2, 0.25) is 0 Å². The number of carbonyl (C=O) groups is 1. The van der Waals surface area contributed by atoms with Crippen molar-refractivity contribution in [3.63, 3.8) is 0 Å². The van der Waals surface area contributed by atoms with Crippen molar-refractivity contribution in [1.82, 2.24) is 0 Å². The van der Waals surface area contributed by atoms with Gasteiger partial charge in [-0.15, -0.1) is 11.8 Å². The maximum absolute atomic E-state index is 11.7. The largest absolute Gasteiger partial charge is 0.448 e. The maximum atomic E-state index is 11.7. The van der Waals surface area contributed by atoms with Crippen molar-refractivity contribution in [2.75, 3.05) is 5.75 Å². The molecule has 1 aliphatic heterocycles. The standard InChI is InChI=1S/C12H14O2S/c13-12(10-6-2-1-3-7-10)14-11-8-4-5-9-15-11/h1-3,6-7,11H,4-5,8-9H2. The van der Waals surface area contributed by atoms with Crippen LogP contribution in [0.1, 0.15) is 29.6 Å². The molecule has 0 N–H and O–H groups in total. The van der Waals surface area contributed by atoms with E-state index < -0.39 is 0 Å². The second-order valence-corrected chi connectivity index (χ2v) is 4.83. The molecule has 2 rings (SSSR count). The van der Waals surface area contributed by atoms with E-state index in [1.165, 1.54) is 12.8 Å². The van der Waals surface area contributed by atoms with Crippen LogP contribution in [0.2, 0.25) is 0 Å². The summed E-state index contributed by atoms with van der Waals surface area (Å²) in [6.45, 7) is 0. The Bertz CT molecular complexity index is 318. The van der Waals surface area contributed by atoms with Crippen LogP contribution >= 0.6 is 11.8 Å². The number of hydrogen-bond donors (Lipinski definition) is 0. The second kappa shape index (κ2) is 5.21. The molecule has 0 amide bonds. The summed E-state index contributed by atoms with van der Waals surface area (Å²) in [7, 11) is 0. The first-order chi connectivity index (χ1) is 7.36. The highest BCUT2D eigenvalue weighted by Gasteiger charge is 2.18. The fourth-order valence-corrected chi connectivity index (χ4v) is 2.69. The fraction of sp³-hybridized carbons (Fsp3) is 0.417. The first-order valence-corrected chi connectivity index (χ1v) is 6.29. The first kappa shape index (κ1) is 10.6. The third-order valence-corrected chi connectivity index (χ3v) is 3.61. The van der Waals surface area contributed by atoms with Crippen LogP contribution in [0.4, 0.5) is 0 Å². The summed E-state index contributed by atoms with van der Waals surface area (Å²) in [5.74, 6) is 0.905. The molecular formula is C12H14O2S. The van der Waals surface area contributed by atoms with Gasteiger partial charge in [0.1, 0.15) is 5.44 Å². The molecule has 1 atom stereocenters. The number of hydrogen-bond acceptors (Lipinski definition) is 3. The van der Waals surface area contributed by atoms with Gasteiger partial charge in [0.25, 0.3) is 0 Å². The van der Waals surface area contributed by atoms with Crippen LogP contribution in [0.25, 0.3) is 0 Å². The SMILES string of the molecule is O=C(OC1CCCCS1)c1ccccc1. The number of benzene rings is 1. The van der Waals surface area contributed by atoms with Crippen molar-refractivity contribution in [2.45, 2.75) is 24.7 Å². The van der Waals surface area contributed by atoms with Gasteiger partial charge >= 0.3 is 5.97 Å². The van der Waals surface area contributed by atoms with Crippen molar-refractivity contribution < 1.29 is 9.53 Å². The third kappa shape index (κ3) is 2.99. The van der Waals surface area contributed by atoms with E-state index in [1.54, 1.807) is 23.9 Å². The third-order valence-electron chi connectivity index (χ3n) is 2.39. The topological polar surface area (TPSA) is 26.3 Å². The van der Waals surface area contributed by atoms with Crippen molar-refractivity contribution in [2.24, 2.45) is 0 Å². The normalized spacial score (nSPS) is 20.9. The lowest BCUT2D eigenvalue weighted by Crippen LogP contribution is -2.18. The zero-order chi connectivity index (χ0) is 10.5. The summed E-state index contributed by atoms with van der Waals surface area (Å²) in [4.78, 5) is 11.7. The van der Waals surface area contributed by atoms with Gasteiger partial charge in [-0.25, -0.2) is 4.79 Å². The van der Waals surface area contributed by atoms with Crippen molar-refractivity contribution in [1.29, 1.82) is 0 Å². The van der Waals surface area contributed by atoms with Crippen LogP contribution in [-0.2, 0) is 4.74 Å². The maximum Gasteiger partial charge on any atom is 0.339 e. The lowest BCUT2D eigenvalue weighted by atomic mass is 10.2. The lowest BCUT2D eigenvalue weighted by molar-refractivity contribution is 0.0441. The van der Waals surface area contributed by atoms with Crippen LogP contribution in [0.3, 0.4) is 0 Å². The Labute approximate surface area is 94.0 Å². The highest BCUT2D eigenvalue weighted by molar-refractivity contribution is 7.99. The van der Waals surface area contributed by atoms with Crippen LogP contribution in [0, 0.1) is 0 Å². The predicted molar refractivity (Wildman–Crippen MR) is 62.0 cm³/mol. The summed E-state index contributed by atoms with van der Waals surface area (Å²) in [5.41, 5.74) is 0.704. The minimum absolute atomic E-state index is 0.0615. The molecule has 2 nitrogen and oxygen atoms in total. The number of ether oxygens (including phenoxy) is 1. The molecule has 1 unspecified atom stereocenters. The van der Waals surface area contributed by atoms with Gasteiger partial charge in [0, 0.05) is 0 Å². The molecular weight excluding hydrogens is 208 g/mol. The smallest absolute Gasteiger partial charge is 0.339 e. The molecule has 1 aromatic carbocycles. The average Bonchev–Trinajstić information content (AvgIpc) is 2.31. The molecule has 3 heteroatoms. The summed E-state index contributed by atoms with van der Waals surface area (Å²) in [6, 6.07) is 9.17. The Morgan fingerprint density at radius 1 is 1.27 bits per heavy atom. The molecule has 15 heavy (non-hydrogen) atoms. The number of carbonyl (C=O) groups excluding carboxylic acids is 1. The van der Waals surface area contributed by atoms with E-state index in [0.29, 0.717) is 5.56 Å². The van der Waals surface area contributed by atoms with E-state index in [4.69, 9.17) is 4.74 Å². The van der Waals surface area contributed by atoms with E-state index >= 15 is 0 Å². The molecule has 0 radical (unpaired) electrons. The summed E-state index contributed by atoms with van der Waals surface area (Å²) in [5, 5.41) is 0. The van der Waals surface area contributed by atoms with Crippen LogP contribution in [0.15, 0.2) is 30.3 Å². The van der Waals surface area contributed by atoms with Crippen LogP contribution < -0.4 is 0 Å². The van der Waals surface area contributed by atoms with E-state index in [9.17, 15) is 4.79 Å². The van der Waals surface area contributed by atoms with Gasteiger partial charge in [0.05, 0.1) is 5.56 Å². The lowest BCUT2D eigenvalue weighted by Gasteiger charge is -2.21. The Hall–Kier alpha value is -0.960.